The van der Waals surface area contributed by atoms with Gasteiger partial charge in [0.2, 0.25) is 0 Å². The van der Waals surface area contributed by atoms with Gasteiger partial charge in [0.05, 0.1) is 10.8 Å². The number of anilines is 6. The van der Waals surface area contributed by atoms with Crippen LogP contribution in [0.25, 0.3) is 55.6 Å². The van der Waals surface area contributed by atoms with Crippen molar-refractivity contribution in [3.8, 4) is 55.6 Å². The molecule has 76 heavy (non-hydrogen) atoms. The topological polar surface area (TPSA) is 6.48 Å². The molecule has 16 rings (SSSR count). The quantitative estimate of drug-likeness (QED) is 0.157. The van der Waals surface area contributed by atoms with Crippen LogP contribution in [0.3, 0.4) is 0 Å². The molecule has 0 radical (unpaired) electrons. The second kappa shape index (κ2) is 16.4. The van der Waals surface area contributed by atoms with Crippen LogP contribution in [0.1, 0.15) is 44.5 Å². The van der Waals surface area contributed by atoms with Crippen LogP contribution in [-0.4, -0.2) is 0 Å². The van der Waals surface area contributed by atoms with Gasteiger partial charge in [0, 0.05) is 34.1 Å². The highest BCUT2D eigenvalue weighted by molar-refractivity contribution is 5.98. The summed E-state index contributed by atoms with van der Waals surface area (Å²) in [6.45, 7) is 0. The van der Waals surface area contributed by atoms with E-state index in [-0.39, 0.29) is 0 Å². The summed E-state index contributed by atoms with van der Waals surface area (Å²) >= 11 is 0. The third-order valence-corrected chi connectivity index (χ3v) is 17.1. The van der Waals surface area contributed by atoms with E-state index in [0.717, 1.165) is 45.3 Å². The number of hydrogen-bond acceptors (Lipinski definition) is 2. The highest BCUT2D eigenvalue weighted by Gasteiger charge is 2.53. The van der Waals surface area contributed by atoms with E-state index < -0.39 is 10.8 Å². The summed E-state index contributed by atoms with van der Waals surface area (Å²) in [5.74, 6) is 0. The number of fused-ring (bicyclic) bond motifs is 20. The number of rotatable bonds is 7. The Bertz CT molecular complexity index is 4180. The van der Waals surface area contributed by atoms with Crippen molar-refractivity contribution in [2.24, 2.45) is 0 Å². The number of nitrogens with zero attached hydrogens (tertiary/aromatic N) is 2. The van der Waals surface area contributed by atoms with Gasteiger partial charge in [-0.15, -0.1) is 0 Å². The van der Waals surface area contributed by atoms with Crippen molar-refractivity contribution >= 4 is 34.1 Å². The molecular weight excluding hydrogens is 917 g/mol. The van der Waals surface area contributed by atoms with Crippen LogP contribution >= 0.6 is 0 Å². The van der Waals surface area contributed by atoms with Gasteiger partial charge in [-0.05, 0) is 173 Å². The van der Waals surface area contributed by atoms with Crippen LogP contribution in [0.2, 0.25) is 0 Å². The molecule has 2 nitrogen and oxygen atoms in total. The Labute approximate surface area is 443 Å². The number of hydrogen-bond donors (Lipinski definition) is 0. The summed E-state index contributed by atoms with van der Waals surface area (Å²) in [5.41, 5.74) is 29.2. The molecule has 4 aliphatic carbocycles. The Hall–Kier alpha value is -9.76. The van der Waals surface area contributed by atoms with E-state index in [4.69, 9.17) is 0 Å². The van der Waals surface area contributed by atoms with Gasteiger partial charge < -0.3 is 9.80 Å². The zero-order chi connectivity index (χ0) is 50.0. The minimum Gasteiger partial charge on any atom is -0.310 e. The lowest BCUT2D eigenvalue weighted by molar-refractivity contribution is 0.793. The molecule has 12 aromatic rings. The van der Waals surface area contributed by atoms with Crippen molar-refractivity contribution in [3.63, 3.8) is 0 Å². The molecule has 2 heteroatoms. The number of benzene rings is 12. The normalized spacial score (nSPS) is 13.7. The second-order valence-corrected chi connectivity index (χ2v) is 20.7. The van der Waals surface area contributed by atoms with E-state index in [2.05, 4.69) is 301 Å². The fourth-order valence-electron chi connectivity index (χ4n) is 14.1. The molecule has 2 spiro atoms. The number of para-hydroxylation sites is 2. The molecule has 0 N–H and O–H groups in total. The van der Waals surface area contributed by atoms with E-state index in [1.54, 1.807) is 0 Å². The Morgan fingerprint density at radius 1 is 0.171 bits per heavy atom. The molecule has 0 unspecified atom stereocenters. The fourth-order valence-corrected chi connectivity index (χ4v) is 14.1. The van der Waals surface area contributed by atoms with E-state index in [1.807, 2.05) is 0 Å². The lowest BCUT2D eigenvalue weighted by atomic mass is 9.70. The van der Waals surface area contributed by atoms with Crippen molar-refractivity contribution < 1.29 is 0 Å². The maximum atomic E-state index is 2.48. The summed E-state index contributed by atoms with van der Waals surface area (Å²) in [6.07, 6.45) is 0. The maximum Gasteiger partial charge on any atom is 0.0726 e. The van der Waals surface area contributed by atoms with E-state index in [9.17, 15) is 0 Å². The van der Waals surface area contributed by atoms with Crippen LogP contribution < -0.4 is 9.80 Å². The van der Waals surface area contributed by atoms with Crippen LogP contribution in [0, 0.1) is 0 Å². The predicted octanol–water partition coefficient (Wildman–Crippen LogP) is 19.0. The van der Waals surface area contributed by atoms with Crippen LogP contribution in [0.4, 0.5) is 34.1 Å². The lowest BCUT2D eigenvalue weighted by Gasteiger charge is -2.32. The van der Waals surface area contributed by atoms with Gasteiger partial charge in [0.25, 0.3) is 0 Å². The van der Waals surface area contributed by atoms with Gasteiger partial charge in [-0.1, -0.05) is 218 Å². The molecule has 0 aromatic heterocycles. The SMILES string of the molecule is c1ccc(N(c2ccc(-c3cccc(N(c4ccccc4)c4ccc5c(c4)C4(c6ccccc6-c6ccccc64)c4ccccc4-5)c3)cc2)c2ccc3c(c2)C2(c4ccccc4-c4ccccc42)c2ccccc2-3)cc1. The first-order valence-electron chi connectivity index (χ1n) is 26.5. The minimum atomic E-state index is -0.436. The molecule has 0 bridgehead atoms. The summed E-state index contributed by atoms with van der Waals surface area (Å²) in [7, 11) is 0. The summed E-state index contributed by atoms with van der Waals surface area (Å²) in [4.78, 5) is 4.85. The molecule has 12 aromatic carbocycles. The molecule has 0 amide bonds. The smallest absolute Gasteiger partial charge is 0.0726 e. The van der Waals surface area contributed by atoms with Gasteiger partial charge in [-0.2, -0.15) is 0 Å². The average molecular weight is 965 g/mol. The van der Waals surface area contributed by atoms with E-state index in [1.165, 1.54) is 89.0 Å². The summed E-state index contributed by atoms with van der Waals surface area (Å²) in [5, 5.41) is 0. The van der Waals surface area contributed by atoms with Gasteiger partial charge in [-0.3, -0.25) is 0 Å². The van der Waals surface area contributed by atoms with Crippen LogP contribution in [-0.2, 0) is 10.8 Å². The molecule has 0 aliphatic heterocycles. The van der Waals surface area contributed by atoms with Crippen LogP contribution in [0.5, 0.6) is 0 Å². The van der Waals surface area contributed by atoms with Crippen molar-refractivity contribution in [2.45, 2.75) is 10.8 Å². The van der Waals surface area contributed by atoms with Gasteiger partial charge >= 0.3 is 0 Å². The first-order valence-corrected chi connectivity index (χ1v) is 26.5. The highest BCUT2D eigenvalue weighted by atomic mass is 15.1. The Morgan fingerprint density at radius 3 is 0.829 bits per heavy atom. The standard InChI is InChI=1S/C74H48N2/c1-3-21-51(22-4-1)75(55-42-44-63-61-30-11-17-36-69(61)73(71(63)47-55)65-32-13-7-26-57(65)58-27-8-14-33-66(58)73)53-40-38-49(39-41-53)50-20-19-25-54(46-50)76(52-23-5-2-6-24-52)56-43-45-64-62-31-12-18-37-70(62)74(72(64)48-56)67-34-15-9-28-59(67)60-29-10-16-35-68(60)74/h1-48H. The third kappa shape index (κ3) is 5.81. The molecule has 4 aliphatic rings. The molecule has 0 saturated carbocycles. The lowest BCUT2D eigenvalue weighted by Crippen LogP contribution is -2.26. The minimum absolute atomic E-state index is 0.431. The molecule has 0 atom stereocenters. The Morgan fingerprint density at radius 2 is 0.447 bits per heavy atom. The van der Waals surface area contributed by atoms with E-state index in [0.29, 0.717) is 0 Å². The zero-order valence-corrected chi connectivity index (χ0v) is 41.6. The van der Waals surface area contributed by atoms with Gasteiger partial charge in [-0.25, -0.2) is 0 Å². The maximum absolute atomic E-state index is 2.48. The summed E-state index contributed by atoms with van der Waals surface area (Å²) in [6, 6.07) is 108. The second-order valence-electron chi connectivity index (χ2n) is 20.7. The van der Waals surface area contributed by atoms with Crippen molar-refractivity contribution in [3.05, 3.63) is 336 Å². The third-order valence-electron chi connectivity index (χ3n) is 17.1. The summed E-state index contributed by atoms with van der Waals surface area (Å²) < 4.78 is 0. The molecule has 0 fully saturated rings. The average Bonchev–Trinajstić information content (AvgIpc) is 4.38. The van der Waals surface area contributed by atoms with Gasteiger partial charge in [0.1, 0.15) is 0 Å². The largest absolute Gasteiger partial charge is 0.310 e. The van der Waals surface area contributed by atoms with Crippen LogP contribution in [0.15, 0.2) is 291 Å². The zero-order valence-electron chi connectivity index (χ0n) is 41.6. The Balaban J connectivity index is 0.807. The predicted molar refractivity (Wildman–Crippen MR) is 314 cm³/mol. The fraction of sp³-hybridized carbons (Fsp3) is 0.0270. The van der Waals surface area contributed by atoms with E-state index >= 15 is 0 Å². The van der Waals surface area contributed by atoms with Gasteiger partial charge in [0.15, 0.2) is 0 Å². The van der Waals surface area contributed by atoms with Crippen molar-refractivity contribution in [1.29, 1.82) is 0 Å². The Kier molecular flexibility index (Phi) is 9.20. The first-order chi connectivity index (χ1) is 37.7. The highest BCUT2D eigenvalue weighted by Crippen LogP contribution is 2.65. The molecule has 0 heterocycles. The van der Waals surface area contributed by atoms with Crippen molar-refractivity contribution in [1.82, 2.24) is 0 Å². The first kappa shape index (κ1) is 42.7. The molecule has 354 valence electrons. The molecular formula is C74H48N2. The monoisotopic (exact) mass is 964 g/mol. The van der Waals surface area contributed by atoms with Crippen molar-refractivity contribution in [2.75, 3.05) is 9.80 Å². The molecule has 0 saturated heterocycles.